The van der Waals surface area contributed by atoms with Crippen LogP contribution < -0.4 is 9.62 Å². The summed E-state index contributed by atoms with van der Waals surface area (Å²) in [5.41, 5.74) is 0.851. The third-order valence-corrected chi connectivity index (χ3v) is 8.65. The first-order chi connectivity index (χ1) is 18.0. The first-order valence-corrected chi connectivity index (χ1v) is 15.4. The van der Waals surface area contributed by atoms with Crippen LogP contribution in [0.15, 0.2) is 42.5 Å². The van der Waals surface area contributed by atoms with Crippen LogP contribution in [0, 0.1) is 5.82 Å². The summed E-state index contributed by atoms with van der Waals surface area (Å²) in [6.45, 7) is 1.90. The number of nitrogens with one attached hydrogen (secondary N) is 1. The molecule has 0 aromatic heterocycles. The zero-order chi connectivity index (χ0) is 27.9. The molecule has 2 aromatic carbocycles. The number of carbonyl (C=O) groups excluding carboxylic acids is 2. The normalized spacial score (nSPS) is 14.8. The number of carbonyl (C=O) groups is 2. The lowest BCUT2D eigenvalue weighted by molar-refractivity contribution is -0.141. The van der Waals surface area contributed by atoms with Crippen molar-refractivity contribution in [2.24, 2.45) is 0 Å². The predicted molar refractivity (Wildman–Crippen MR) is 149 cm³/mol. The molecule has 2 aromatic rings. The summed E-state index contributed by atoms with van der Waals surface area (Å²) in [7, 11) is -3.67. The van der Waals surface area contributed by atoms with Gasteiger partial charge in [-0.1, -0.05) is 49.0 Å². The van der Waals surface area contributed by atoms with Gasteiger partial charge in [0.2, 0.25) is 21.8 Å². The van der Waals surface area contributed by atoms with Gasteiger partial charge in [0.25, 0.3) is 0 Å². The minimum absolute atomic E-state index is 0.0114. The van der Waals surface area contributed by atoms with Crippen molar-refractivity contribution >= 4 is 50.7 Å². The molecular weight excluding hydrogens is 552 g/mol. The van der Waals surface area contributed by atoms with Crippen LogP contribution in [0.1, 0.15) is 57.4 Å². The minimum Gasteiger partial charge on any atom is -0.352 e. The Kier molecular flexibility index (Phi) is 10.8. The number of nitrogens with zero attached hydrogens (tertiary/aromatic N) is 2. The number of amides is 2. The molecule has 3 rings (SSSR count). The van der Waals surface area contributed by atoms with Crippen LogP contribution in [0.2, 0.25) is 10.0 Å². The second-order valence-electron chi connectivity index (χ2n) is 9.55. The molecule has 1 saturated carbocycles. The van der Waals surface area contributed by atoms with Crippen molar-refractivity contribution in [2.45, 2.75) is 70.5 Å². The average Bonchev–Trinajstić information content (AvgIpc) is 3.36. The van der Waals surface area contributed by atoms with Crippen molar-refractivity contribution in [1.29, 1.82) is 0 Å². The van der Waals surface area contributed by atoms with Gasteiger partial charge in [-0.15, -0.1) is 0 Å². The van der Waals surface area contributed by atoms with Gasteiger partial charge in [0.15, 0.2) is 0 Å². The van der Waals surface area contributed by atoms with E-state index in [-0.39, 0.29) is 43.8 Å². The first kappa shape index (κ1) is 30.2. The second-order valence-corrected chi connectivity index (χ2v) is 12.3. The Balaban J connectivity index is 1.79. The molecule has 0 unspecified atom stereocenters. The fraction of sp³-hybridized carbons (Fsp3) is 0.481. The van der Waals surface area contributed by atoms with Crippen molar-refractivity contribution < 1.29 is 22.4 Å². The highest BCUT2D eigenvalue weighted by atomic mass is 35.5. The molecule has 0 aliphatic heterocycles. The molecule has 11 heteroatoms. The molecule has 1 fully saturated rings. The van der Waals surface area contributed by atoms with Crippen LogP contribution >= 0.6 is 23.2 Å². The monoisotopic (exact) mass is 585 g/mol. The molecular formula is C27H34Cl2FN3O4S. The molecule has 0 spiro atoms. The lowest BCUT2D eigenvalue weighted by atomic mass is 10.1. The van der Waals surface area contributed by atoms with Gasteiger partial charge in [-0.05, 0) is 62.1 Å². The van der Waals surface area contributed by atoms with E-state index in [1.54, 1.807) is 18.2 Å². The van der Waals surface area contributed by atoms with Crippen molar-refractivity contribution in [3.63, 3.8) is 0 Å². The molecule has 0 heterocycles. The van der Waals surface area contributed by atoms with Crippen LogP contribution in [-0.4, -0.2) is 50.0 Å². The quantitative estimate of drug-likeness (QED) is 0.354. The highest BCUT2D eigenvalue weighted by Gasteiger charge is 2.31. The Morgan fingerprint density at radius 1 is 1.08 bits per heavy atom. The number of hydrogen-bond acceptors (Lipinski definition) is 4. The Labute approximate surface area is 234 Å². The van der Waals surface area contributed by atoms with E-state index in [9.17, 15) is 22.4 Å². The van der Waals surface area contributed by atoms with E-state index in [0.29, 0.717) is 27.7 Å². The number of hydrogen-bond donors (Lipinski definition) is 1. The van der Waals surface area contributed by atoms with E-state index in [0.717, 1.165) is 36.2 Å². The topological polar surface area (TPSA) is 86.8 Å². The van der Waals surface area contributed by atoms with Crippen molar-refractivity contribution in [3.05, 3.63) is 63.9 Å². The maximum Gasteiger partial charge on any atom is 0.243 e. The van der Waals surface area contributed by atoms with Crippen LogP contribution in [-0.2, 0) is 26.2 Å². The Morgan fingerprint density at radius 2 is 1.68 bits per heavy atom. The Morgan fingerprint density at radius 3 is 2.24 bits per heavy atom. The molecule has 1 atom stereocenters. The molecule has 2 amide bonds. The van der Waals surface area contributed by atoms with E-state index < -0.39 is 21.9 Å². The van der Waals surface area contributed by atoms with Gasteiger partial charge in [0, 0.05) is 41.2 Å². The number of rotatable bonds is 12. The fourth-order valence-corrected chi connectivity index (χ4v) is 6.23. The lowest BCUT2D eigenvalue weighted by Gasteiger charge is -2.32. The number of sulfonamides is 1. The lowest BCUT2D eigenvalue weighted by Crippen LogP contribution is -2.51. The molecule has 38 heavy (non-hydrogen) atoms. The predicted octanol–water partition coefficient (Wildman–Crippen LogP) is 5.54. The van der Waals surface area contributed by atoms with Crippen LogP contribution in [0.5, 0.6) is 0 Å². The van der Waals surface area contributed by atoms with Gasteiger partial charge in [-0.2, -0.15) is 0 Å². The zero-order valence-corrected chi connectivity index (χ0v) is 24.0. The highest BCUT2D eigenvalue weighted by Crippen LogP contribution is 2.28. The van der Waals surface area contributed by atoms with Crippen molar-refractivity contribution in [1.82, 2.24) is 10.2 Å². The van der Waals surface area contributed by atoms with Gasteiger partial charge in [0.05, 0.1) is 11.9 Å². The third kappa shape index (κ3) is 8.07. The molecule has 0 bridgehead atoms. The van der Waals surface area contributed by atoms with Crippen LogP contribution in [0.3, 0.4) is 0 Å². The first-order valence-electron chi connectivity index (χ1n) is 12.8. The van der Waals surface area contributed by atoms with Gasteiger partial charge < -0.3 is 10.2 Å². The number of anilines is 1. The molecule has 1 N–H and O–H groups in total. The fourth-order valence-electron chi connectivity index (χ4n) is 4.75. The van der Waals surface area contributed by atoms with Crippen LogP contribution in [0.4, 0.5) is 10.1 Å². The Bertz CT molecular complexity index is 1200. The highest BCUT2D eigenvalue weighted by molar-refractivity contribution is 7.92. The molecule has 1 aliphatic rings. The van der Waals surface area contributed by atoms with Gasteiger partial charge in [-0.25, -0.2) is 12.8 Å². The second kappa shape index (κ2) is 13.6. The Hall–Kier alpha value is -2.36. The summed E-state index contributed by atoms with van der Waals surface area (Å²) >= 11 is 12.8. The maximum atomic E-state index is 13.6. The average molecular weight is 587 g/mol. The van der Waals surface area contributed by atoms with E-state index in [1.165, 1.54) is 29.2 Å². The number of benzene rings is 2. The summed E-state index contributed by atoms with van der Waals surface area (Å²) in [6, 6.07) is 9.55. The van der Waals surface area contributed by atoms with Gasteiger partial charge >= 0.3 is 0 Å². The van der Waals surface area contributed by atoms with E-state index in [4.69, 9.17) is 23.2 Å². The zero-order valence-electron chi connectivity index (χ0n) is 21.6. The summed E-state index contributed by atoms with van der Waals surface area (Å²) in [5, 5.41) is 3.86. The summed E-state index contributed by atoms with van der Waals surface area (Å²) in [6.07, 6.45) is 5.57. The molecule has 208 valence electrons. The summed E-state index contributed by atoms with van der Waals surface area (Å²) in [4.78, 5) is 28.3. The smallest absolute Gasteiger partial charge is 0.243 e. The van der Waals surface area contributed by atoms with Crippen molar-refractivity contribution in [3.8, 4) is 0 Å². The molecule has 0 saturated heterocycles. The van der Waals surface area contributed by atoms with Gasteiger partial charge in [0.1, 0.15) is 11.9 Å². The van der Waals surface area contributed by atoms with E-state index >= 15 is 0 Å². The SMILES string of the molecule is CC[C@@H](C(=O)NC1CCCC1)N(Cc1c(Cl)cccc1Cl)C(=O)CCCN(c1ccc(F)cc1)S(C)(=O)=O. The van der Waals surface area contributed by atoms with E-state index in [2.05, 4.69) is 5.32 Å². The molecule has 7 nitrogen and oxygen atoms in total. The molecule has 0 radical (unpaired) electrons. The van der Waals surface area contributed by atoms with E-state index in [1.807, 2.05) is 6.92 Å². The third-order valence-electron chi connectivity index (χ3n) is 6.74. The van der Waals surface area contributed by atoms with Crippen molar-refractivity contribution in [2.75, 3.05) is 17.1 Å². The summed E-state index contributed by atoms with van der Waals surface area (Å²) < 4.78 is 39.3. The molecule has 1 aliphatic carbocycles. The maximum absolute atomic E-state index is 13.6. The number of halogens is 3. The standard InChI is InChI=1S/C27H34Cl2FN3O4S/c1-3-25(27(35)31-20-8-4-5-9-20)32(18-22-23(28)10-6-11-24(22)29)26(34)12-7-17-33(38(2,36)37)21-15-13-19(30)14-16-21/h6,10-11,13-16,20,25H,3-5,7-9,12,17-18H2,1-2H3,(H,31,35)/t25-/m0/s1. The largest absolute Gasteiger partial charge is 0.352 e. The van der Waals surface area contributed by atoms with Gasteiger partial charge in [-0.3, -0.25) is 13.9 Å². The minimum atomic E-state index is -3.67. The van der Waals surface area contributed by atoms with Crippen LogP contribution in [0.25, 0.3) is 0 Å². The summed E-state index contributed by atoms with van der Waals surface area (Å²) in [5.74, 6) is -1.02.